The van der Waals surface area contributed by atoms with Crippen molar-refractivity contribution < 1.29 is 38.5 Å². The van der Waals surface area contributed by atoms with Gasteiger partial charge in [0.2, 0.25) is 17.7 Å². The molecule has 3 rings (SSSR count). The molecule has 0 spiro atoms. The van der Waals surface area contributed by atoms with Crippen molar-refractivity contribution in [3.8, 4) is 10.4 Å². The Kier molecular flexibility index (Phi) is 12.8. The van der Waals surface area contributed by atoms with Crippen molar-refractivity contribution in [1.29, 1.82) is 0 Å². The van der Waals surface area contributed by atoms with Gasteiger partial charge in [0.05, 0.1) is 61.6 Å². The molecule has 44 heavy (non-hydrogen) atoms. The standard InChI is InChI=1S/C31H44N4O8S/c1-19(21-7-9-22(10-8-21)27-20(2)32-18-44-27)33-29(39)24-15-23(36)16-35(24)30(40)28(31(3,4)5)34-25(37)17-43-14-13-42-12-11-26(38)41-6/h7-10,18-19,23-24,28,36H,11-17H2,1-6H3,(H,33,39)(H,34,37)/t19-,23+,24-,28+/m0/s1. The maximum atomic E-state index is 13.8. The van der Waals surface area contributed by atoms with Gasteiger partial charge in [-0.15, -0.1) is 11.3 Å². The Hall–Kier alpha value is -3.39. The van der Waals surface area contributed by atoms with Crippen LogP contribution in [-0.4, -0.2) is 97.0 Å². The van der Waals surface area contributed by atoms with Gasteiger partial charge in [-0.2, -0.15) is 0 Å². The van der Waals surface area contributed by atoms with Crippen molar-refractivity contribution in [3.05, 3.63) is 41.0 Å². The summed E-state index contributed by atoms with van der Waals surface area (Å²) in [6, 6.07) is 5.70. The van der Waals surface area contributed by atoms with E-state index in [-0.39, 0.29) is 63.7 Å². The van der Waals surface area contributed by atoms with Gasteiger partial charge < -0.3 is 34.9 Å². The highest BCUT2D eigenvalue weighted by molar-refractivity contribution is 7.13. The first kappa shape index (κ1) is 35.1. The average Bonchev–Trinajstić information content (AvgIpc) is 3.59. The number of likely N-dealkylation sites (tertiary alicyclic amines) is 1. The van der Waals surface area contributed by atoms with E-state index in [1.165, 1.54) is 12.0 Å². The SMILES string of the molecule is COC(=O)CCOCCOCC(=O)N[C@H](C(=O)N1C[C@H](O)C[C@H]1C(=O)N[C@@H](C)c1ccc(-c2scnc2C)cc1)C(C)(C)C. The van der Waals surface area contributed by atoms with Gasteiger partial charge in [-0.25, -0.2) is 4.98 Å². The molecule has 242 valence electrons. The Morgan fingerprint density at radius 2 is 1.77 bits per heavy atom. The molecule has 0 saturated carbocycles. The van der Waals surface area contributed by atoms with Crippen molar-refractivity contribution >= 4 is 35.0 Å². The number of hydrogen-bond donors (Lipinski definition) is 3. The predicted octanol–water partition coefficient (Wildman–Crippen LogP) is 2.38. The van der Waals surface area contributed by atoms with Gasteiger partial charge in [0, 0.05) is 13.0 Å². The number of aliphatic hydroxyl groups is 1. The fourth-order valence-electron chi connectivity index (χ4n) is 4.86. The van der Waals surface area contributed by atoms with Crippen LogP contribution in [0.25, 0.3) is 10.4 Å². The number of ether oxygens (including phenoxy) is 3. The van der Waals surface area contributed by atoms with Gasteiger partial charge in [-0.1, -0.05) is 45.0 Å². The molecule has 3 N–H and O–H groups in total. The first-order valence-electron chi connectivity index (χ1n) is 14.6. The second-order valence-corrected chi connectivity index (χ2v) is 12.7. The summed E-state index contributed by atoms with van der Waals surface area (Å²) in [5.74, 6) is -1.71. The summed E-state index contributed by atoms with van der Waals surface area (Å²) in [6.45, 7) is 9.43. The lowest BCUT2D eigenvalue weighted by Crippen LogP contribution is -2.58. The average molecular weight is 633 g/mol. The Morgan fingerprint density at radius 1 is 1.09 bits per heavy atom. The first-order valence-corrected chi connectivity index (χ1v) is 15.5. The van der Waals surface area contributed by atoms with Crippen molar-refractivity contribution in [2.45, 2.75) is 71.7 Å². The molecular formula is C31H44N4O8S. The minimum absolute atomic E-state index is 0.0178. The molecule has 13 heteroatoms. The van der Waals surface area contributed by atoms with Crippen LogP contribution in [-0.2, 0) is 33.4 Å². The fourth-order valence-corrected chi connectivity index (χ4v) is 5.67. The molecule has 1 aliphatic heterocycles. The number of nitrogens with one attached hydrogen (secondary N) is 2. The zero-order valence-electron chi connectivity index (χ0n) is 26.3. The maximum absolute atomic E-state index is 13.8. The zero-order valence-corrected chi connectivity index (χ0v) is 27.1. The monoisotopic (exact) mass is 632 g/mol. The van der Waals surface area contributed by atoms with E-state index in [4.69, 9.17) is 9.47 Å². The molecule has 4 atom stereocenters. The minimum Gasteiger partial charge on any atom is -0.469 e. The van der Waals surface area contributed by atoms with Crippen molar-refractivity contribution in [2.24, 2.45) is 5.41 Å². The van der Waals surface area contributed by atoms with Gasteiger partial charge >= 0.3 is 5.97 Å². The summed E-state index contributed by atoms with van der Waals surface area (Å²) in [5.41, 5.74) is 4.03. The highest BCUT2D eigenvalue weighted by Crippen LogP contribution is 2.29. The Bertz CT molecular complexity index is 1280. The number of hydrogen-bond acceptors (Lipinski definition) is 10. The molecule has 1 aromatic carbocycles. The number of nitrogens with zero attached hydrogens (tertiary/aromatic N) is 2. The van der Waals surface area contributed by atoms with E-state index in [2.05, 4.69) is 20.4 Å². The van der Waals surface area contributed by atoms with Crippen LogP contribution < -0.4 is 10.6 Å². The van der Waals surface area contributed by atoms with E-state index in [1.54, 1.807) is 11.3 Å². The number of β-amino-alcohol motifs (C(OH)–C–C–N with tert-alkyl or cyclic N) is 1. The molecule has 0 unspecified atom stereocenters. The number of aromatic nitrogens is 1. The largest absolute Gasteiger partial charge is 0.469 e. The van der Waals surface area contributed by atoms with E-state index in [0.29, 0.717) is 0 Å². The minimum atomic E-state index is -0.962. The lowest BCUT2D eigenvalue weighted by Gasteiger charge is -2.35. The molecule has 1 aliphatic rings. The third-order valence-electron chi connectivity index (χ3n) is 7.34. The van der Waals surface area contributed by atoms with Crippen LogP contribution in [0.1, 0.15) is 57.8 Å². The Morgan fingerprint density at radius 3 is 2.39 bits per heavy atom. The van der Waals surface area contributed by atoms with E-state index < -0.39 is 35.4 Å². The van der Waals surface area contributed by atoms with E-state index >= 15 is 0 Å². The summed E-state index contributed by atoms with van der Waals surface area (Å²) in [7, 11) is 1.30. The summed E-state index contributed by atoms with van der Waals surface area (Å²) in [6.07, 6.45) is -0.653. The summed E-state index contributed by atoms with van der Waals surface area (Å²) >= 11 is 1.57. The predicted molar refractivity (Wildman–Crippen MR) is 165 cm³/mol. The lowest BCUT2D eigenvalue weighted by molar-refractivity contribution is -0.145. The van der Waals surface area contributed by atoms with E-state index in [1.807, 2.05) is 64.4 Å². The molecule has 0 radical (unpaired) electrons. The lowest BCUT2D eigenvalue weighted by atomic mass is 9.85. The summed E-state index contributed by atoms with van der Waals surface area (Å²) in [5, 5.41) is 16.2. The number of aliphatic hydroxyl groups excluding tert-OH is 1. The van der Waals surface area contributed by atoms with Crippen LogP contribution in [0.5, 0.6) is 0 Å². The quantitative estimate of drug-likeness (QED) is 0.210. The normalized spacial score (nSPS) is 18.0. The summed E-state index contributed by atoms with van der Waals surface area (Å²) in [4.78, 5) is 57.7. The topological polar surface area (TPSA) is 156 Å². The van der Waals surface area contributed by atoms with Crippen molar-refractivity contribution in [2.75, 3.05) is 40.1 Å². The highest BCUT2D eigenvalue weighted by Gasteiger charge is 2.44. The molecular weight excluding hydrogens is 588 g/mol. The third kappa shape index (κ3) is 9.81. The Balaban J connectivity index is 1.57. The smallest absolute Gasteiger partial charge is 0.307 e. The number of esters is 1. The second-order valence-electron chi connectivity index (χ2n) is 11.9. The molecule has 1 fully saturated rings. The number of benzene rings is 1. The highest BCUT2D eigenvalue weighted by atomic mass is 32.1. The molecule has 1 saturated heterocycles. The van der Waals surface area contributed by atoms with Crippen LogP contribution in [0.15, 0.2) is 29.8 Å². The molecule has 1 aromatic heterocycles. The number of methoxy groups -OCH3 is 1. The number of rotatable bonds is 14. The number of carbonyl (C=O) groups excluding carboxylic acids is 4. The van der Waals surface area contributed by atoms with Crippen molar-refractivity contribution in [1.82, 2.24) is 20.5 Å². The number of aryl methyl sites for hydroxylation is 1. The molecule has 2 heterocycles. The molecule has 2 aromatic rings. The van der Waals surface area contributed by atoms with Gasteiger partial charge in [0.1, 0.15) is 18.7 Å². The van der Waals surface area contributed by atoms with E-state index in [0.717, 1.165) is 21.7 Å². The first-order chi connectivity index (χ1) is 20.8. The molecule has 12 nitrogen and oxygen atoms in total. The Labute approximate surface area is 262 Å². The fraction of sp³-hybridized carbons (Fsp3) is 0.581. The molecule has 0 aliphatic carbocycles. The van der Waals surface area contributed by atoms with Crippen LogP contribution in [0.3, 0.4) is 0 Å². The third-order valence-corrected chi connectivity index (χ3v) is 8.32. The van der Waals surface area contributed by atoms with Gasteiger partial charge in [-0.3, -0.25) is 19.2 Å². The van der Waals surface area contributed by atoms with Gasteiger partial charge in [0.15, 0.2) is 0 Å². The number of thiazole rings is 1. The second kappa shape index (κ2) is 16.1. The van der Waals surface area contributed by atoms with Crippen LogP contribution >= 0.6 is 11.3 Å². The van der Waals surface area contributed by atoms with Gasteiger partial charge in [0.25, 0.3) is 0 Å². The maximum Gasteiger partial charge on any atom is 0.307 e. The van der Waals surface area contributed by atoms with Gasteiger partial charge in [-0.05, 0) is 30.4 Å². The molecule has 0 bridgehead atoms. The van der Waals surface area contributed by atoms with Crippen molar-refractivity contribution in [3.63, 3.8) is 0 Å². The van der Waals surface area contributed by atoms with Crippen LogP contribution in [0.2, 0.25) is 0 Å². The number of amides is 3. The molecule has 3 amide bonds. The van der Waals surface area contributed by atoms with Crippen LogP contribution in [0.4, 0.5) is 0 Å². The van der Waals surface area contributed by atoms with E-state index in [9.17, 15) is 24.3 Å². The summed E-state index contributed by atoms with van der Waals surface area (Å²) < 4.78 is 15.2. The number of carbonyl (C=O) groups is 4. The zero-order chi connectivity index (χ0) is 32.4. The van der Waals surface area contributed by atoms with Crippen LogP contribution in [0, 0.1) is 12.3 Å².